The van der Waals surface area contributed by atoms with E-state index in [-0.39, 0.29) is 11.9 Å². The first kappa shape index (κ1) is 12.4. The first-order valence-electron chi connectivity index (χ1n) is 6.81. The van der Waals surface area contributed by atoms with Gasteiger partial charge in [-0.05, 0) is 67.8 Å². The second-order valence-corrected chi connectivity index (χ2v) is 6.18. The SMILES string of the molecule is CNC(c1cc(F)ccc1Cl)C1CC2CCC1C2. The monoisotopic (exact) mass is 267 g/mol. The van der Waals surface area contributed by atoms with Crippen LogP contribution in [0, 0.1) is 23.6 Å². The minimum absolute atomic E-state index is 0.196. The van der Waals surface area contributed by atoms with Gasteiger partial charge < -0.3 is 5.32 Å². The summed E-state index contributed by atoms with van der Waals surface area (Å²) in [6.07, 6.45) is 5.34. The second-order valence-electron chi connectivity index (χ2n) is 5.77. The van der Waals surface area contributed by atoms with Crippen LogP contribution in [0.5, 0.6) is 0 Å². The van der Waals surface area contributed by atoms with Crippen LogP contribution in [0.3, 0.4) is 0 Å². The van der Waals surface area contributed by atoms with E-state index in [1.807, 2.05) is 7.05 Å². The van der Waals surface area contributed by atoms with Crippen LogP contribution >= 0.6 is 11.6 Å². The van der Waals surface area contributed by atoms with E-state index in [4.69, 9.17) is 11.6 Å². The summed E-state index contributed by atoms with van der Waals surface area (Å²) >= 11 is 6.24. The third kappa shape index (κ3) is 2.06. The van der Waals surface area contributed by atoms with Crippen LogP contribution in [-0.4, -0.2) is 7.05 Å². The molecule has 2 aliphatic carbocycles. The predicted molar refractivity (Wildman–Crippen MR) is 72.1 cm³/mol. The Balaban J connectivity index is 1.90. The Bertz CT molecular complexity index is 448. The highest BCUT2D eigenvalue weighted by atomic mass is 35.5. The molecule has 4 unspecified atom stereocenters. The van der Waals surface area contributed by atoms with Crippen molar-refractivity contribution in [2.75, 3.05) is 7.05 Å². The van der Waals surface area contributed by atoms with E-state index in [1.54, 1.807) is 12.1 Å². The lowest BCUT2D eigenvalue weighted by atomic mass is 9.80. The van der Waals surface area contributed by atoms with Gasteiger partial charge in [-0.25, -0.2) is 4.39 Å². The fourth-order valence-corrected chi connectivity index (χ4v) is 4.29. The first-order valence-corrected chi connectivity index (χ1v) is 7.19. The molecule has 0 aromatic heterocycles. The number of benzene rings is 1. The van der Waals surface area contributed by atoms with Crippen molar-refractivity contribution in [2.45, 2.75) is 31.7 Å². The standard InChI is InChI=1S/C15H19ClFN/c1-18-15(12-7-9-2-3-10(12)6-9)13-8-11(17)4-5-14(13)16/h4-5,8-10,12,15,18H,2-3,6-7H2,1H3. The normalized spacial score (nSPS) is 31.8. The lowest BCUT2D eigenvalue weighted by molar-refractivity contribution is 0.259. The zero-order valence-electron chi connectivity index (χ0n) is 10.6. The Morgan fingerprint density at radius 1 is 1.33 bits per heavy atom. The zero-order valence-corrected chi connectivity index (χ0v) is 11.4. The third-order valence-electron chi connectivity index (χ3n) is 4.83. The largest absolute Gasteiger partial charge is 0.313 e. The maximum Gasteiger partial charge on any atom is 0.123 e. The van der Waals surface area contributed by atoms with Gasteiger partial charge in [-0.15, -0.1) is 0 Å². The molecule has 4 atom stereocenters. The van der Waals surface area contributed by atoms with Crippen molar-refractivity contribution in [1.82, 2.24) is 5.32 Å². The lowest BCUT2D eigenvalue weighted by Crippen LogP contribution is -2.29. The van der Waals surface area contributed by atoms with Crippen LogP contribution < -0.4 is 5.32 Å². The number of halogens is 2. The van der Waals surface area contributed by atoms with Crippen molar-refractivity contribution in [3.05, 3.63) is 34.6 Å². The van der Waals surface area contributed by atoms with Gasteiger partial charge in [-0.2, -0.15) is 0 Å². The van der Waals surface area contributed by atoms with Gasteiger partial charge in [0.1, 0.15) is 5.82 Å². The molecule has 0 aliphatic heterocycles. The van der Waals surface area contributed by atoms with Crippen molar-refractivity contribution < 1.29 is 4.39 Å². The quantitative estimate of drug-likeness (QED) is 0.866. The molecule has 0 saturated heterocycles. The number of hydrogen-bond acceptors (Lipinski definition) is 1. The highest BCUT2D eigenvalue weighted by molar-refractivity contribution is 6.31. The number of hydrogen-bond donors (Lipinski definition) is 1. The van der Waals surface area contributed by atoms with E-state index in [0.717, 1.165) is 17.4 Å². The highest BCUT2D eigenvalue weighted by Crippen LogP contribution is 2.53. The fourth-order valence-electron chi connectivity index (χ4n) is 4.06. The van der Waals surface area contributed by atoms with E-state index in [2.05, 4.69) is 5.32 Å². The smallest absolute Gasteiger partial charge is 0.123 e. The topological polar surface area (TPSA) is 12.0 Å². The maximum atomic E-state index is 13.4. The Morgan fingerprint density at radius 3 is 2.78 bits per heavy atom. The third-order valence-corrected chi connectivity index (χ3v) is 5.17. The molecule has 2 saturated carbocycles. The average molecular weight is 268 g/mol. The summed E-state index contributed by atoms with van der Waals surface area (Å²) < 4.78 is 13.4. The Morgan fingerprint density at radius 2 is 2.17 bits per heavy atom. The van der Waals surface area contributed by atoms with Crippen LogP contribution in [0.25, 0.3) is 0 Å². The molecule has 18 heavy (non-hydrogen) atoms. The van der Waals surface area contributed by atoms with Crippen molar-refractivity contribution in [3.63, 3.8) is 0 Å². The number of rotatable bonds is 3. The molecule has 0 heterocycles. The van der Waals surface area contributed by atoms with Crippen molar-refractivity contribution in [3.8, 4) is 0 Å². The van der Waals surface area contributed by atoms with Gasteiger partial charge in [0.05, 0.1) is 0 Å². The molecule has 3 heteroatoms. The Labute approximate surface area is 113 Å². The van der Waals surface area contributed by atoms with Gasteiger partial charge in [0.2, 0.25) is 0 Å². The summed E-state index contributed by atoms with van der Waals surface area (Å²) in [5.74, 6) is 2.11. The van der Waals surface area contributed by atoms with Gasteiger partial charge in [0, 0.05) is 11.1 Å². The Kier molecular flexibility index (Phi) is 3.33. The molecular formula is C15H19ClFN. The molecular weight excluding hydrogens is 249 g/mol. The van der Waals surface area contributed by atoms with E-state index < -0.39 is 0 Å². The van der Waals surface area contributed by atoms with Crippen LogP contribution in [-0.2, 0) is 0 Å². The van der Waals surface area contributed by atoms with E-state index >= 15 is 0 Å². The summed E-state index contributed by atoms with van der Waals surface area (Å²) in [6, 6.07) is 4.89. The molecule has 0 radical (unpaired) electrons. The predicted octanol–water partition coefficient (Wildman–Crippen LogP) is 4.18. The zero-order chi connectivity index (χ0) is 12.7. The molecule has 2 bridgehead atoms. The summed E-state index contributed by atoms with van der Waals surface area (Å²) in [5, 5.41) is 4.04. The van der Waals surface area contributed by atoms with Crippen LogP contribution in [0.1, 0.15) is 37.3 Å². The average Bonchev–Trinajstić information content (AvgIpc) is 2.97. The molecule has 98 valence electrons. The van der Waals surface area contributed by atoms with Gasteiger partial charge in [-0.1, -0.05) is 18.0 Å². The lowest BCUT2D eigenvalue weighted by Gasteiger charge is -2.31. The van der Waals surface area contributed by atoms with Crippen LogP contribution in [0.2, 0.25) is 5.02 Å². The number of nitrogens with one attached hydrogen (secondary N) is 1. The first-order chi connectivity index (χ1) is 8.69. The van der Waals surface area contributed by atoms with Crippen LogP contribution in [0.15, 0.2) is 18.2 Å². The molecule has 1 N–H and O–H groups in total. The molecule has 0 amide bonds. The molecule has 2 aliphatic rings. The minimum Gasteiger partial charge on any atom is -0.313 e. The highest BCUT2D eigenvalue weighted by Gasteiger charge is 2.43. The molecule has 1 nitrogen and oxygen atoms in total. The van der Waals surface area contributed by atoms with Gasteiger partial charge in [0.15, 0.2) is 0 Å². The van der Waals surface area contributed by atoms with E-state index in [9.17, 15) is 4.39 Å². The molecule has 0 spiro atoms. The molecule has 2 fully saturated rings. The molecule has 1 aromatic carbocycles. The van der Waals surface area contributed by atoms with E-state index in [0.29, 0.717) is 10.9 Å². The van der Waals surface area contributed by atoms with Crippen LogP contribution in [0.4, 0.5) is 4.39 Å². The fraction of sp³-hybridized carbons (Fsp3) is 0.600. The van der Waals surface area contributed by atoms with E-state index in [1.165, 1.54) is 31.7 Å². The van der Waals surface area contributed by atoms with Gasteiger partial charge in [-0.3, -0.25) is 0 Å². The number of fused-ring (bicyclic) bond motifs is 2. The second kappa shape index (κ2) is 4.82. The van der Waals surface area contributed by atoms with Crippen molar-refractivity contribution in [1.29, 1.82) is 0 Å². The van der Waals surface area contributed by atoms with Crippen molar-refractivity contribution >= 4 is 11.6 Å². The van der Waals surface area contributed by atoms with Gasteiger partial charge in [0.25, 0.3) is 0 Å². The maximum absolute atomic E-state index is 13.4. The summed E-state index contributed by atoms with van der Waals surface area (Å²) in [7, 11) is 1.96. The van der Waals surface area contributed by atoms with Gasteiger partial charge >= 0.3 is 0 Å². The summed E-state index contributed by atoms with van der Waals surface area (Å²) in [5.41, 5.74) is 0.928. The molecule has 3 rings (SSSR count). The molecule has 1 aromatic rings. The summed E-state index contributed by atoms with van der Waals surface area (Å²) in [4.78, 5) is 0. The summed E-state index contributed by atoms with van der Waals surface area (Å²) in [6.45, 7) is 0. The minimum atomic E-state index is -0.196. The van der Waals surface area contributed by atoms with Crippen molar-refractivity contribution in [2.24, 2.45) is 17.8 Å². The Hall–Kier alpha value is -0.600.